The highest BCUT2D eigenvalue weighted by Gasteiger charge is 2.19. The van der Waals surface area contributed by atoms with Gasteiger partial charge in [-0.25, -0.2) is 10.3 Å². The smallest absolute Gasteiger partial charge is 0.241 e. The molecule has 1 saturated carbocycles. The lowest BCUT2D eigenvalue weighted by molar-refractivity contribution is -0.121. The van der Waals surface area contributed by atoms with Crippen molar-refractivity contribution >= 4 is 23.2 Å². The third-order valence-electron chi connectivity index (χ3n) is 8.58. The summed E-state index contributed by atoms with van der Waals surface area (Å²) in [5.74, 6) is 2.14. The number of ether oxygens (including phenoxy) is 3. The summed E-state index contributed by atoms with van der Waals surface area (Å²) >= 11 is 6.82. The van der Waals surface area contributed by atoms with Crippen molar-refractivity contribution in [2.75, 3.05) is 27.4 Å². The maximum absolute atomic E-state index is 12.9. The van der Waals surface area contributed by atoms with E-state index in [2.05, 4.69) is 22.0 Å². The fourth-order valence-electron chi connectivity index (χ4n) is 6.11. The Kier molecular flexibility index (Phi) is 11.6. The van der Waals surface area contributed by atoms with Crippen LogP contribution < -0.4 is 24.8 Å². The van der Waals surface area contributed by atoms with Crippen LogP contribution in [0.2, 0.25) is 5.02 Å². The minimum Gasteiger partial charge on any atom is -0.496 e. The van der Waals surface area contributed by atoms with Crippen LogP contribution in [0.5, 0.6) is 17.2 Å². The van der Waals surface area contributed by atoms with E-state index in [9.17, 15) is 4.79 Å². The molecule has 1 amide bonds. The van der Waals surface area contributed by atoms with Gasteiger partial charge in [-0.05, 0) is 61.4 Å². The number of hydrogen-bond donors (Lipinski definition) is 1. The van der Waals surface area contributed by atoms with E-state index in [0.717, 1.165) is 46.9 Å². The number of para-hydroxylation sites is 1. The lowest BCUT2D eigenvalue weighted by atomic mass is 9.96. The van der Waals surface area contributed by atoms with Crippen LogP contribution in [0, 0.1) is 5.92 Å². The van der Waals surface area contributed by atoms with Gasteiger partial charge in [0, 0.05) is 37.2 Å². The van der Waals surface area contributed by atoms with Gasteiger partial charge in [-0.3, -0.25) is 4.79 Å². The lowest BCUT2D eigenvalue weighted by Crippen LogP contribution is -2.30. The Morgan fingerprint density at radius 3 is 2.62 bits per heavy atom. The second kappa shape index (κ2) is 16.0. The first kappa shape index (κ1) is 32.6. The SMILES string of the molecule is COc1ccccc1Cc1c(C[N]C(=O)CCC(C)Cc2ccc(OC)c(OCCNC3CCCC3)c2Cl)nc2ccccn12. The van der Waals surface area contributed by atoms with E-state index in [-0.39, 0.29) is 18.4 Å². The number of hydrogen-bond acceptors (Lipinski definition) is 6. The largest absolute Gasteiger partial charge is 0.496 e. The molecule has 8 nitrogen and oxygen atoms in total. The molecule has 2 heterocycles. The predicted octanol–water partition coefficient (Wildman–Crippen LogP) is 6.80. The fourth-order valence-corrected chi connectivity index (χ4v) is 6.39. The third-order valence-corrected chi connectivity index (χ3v) is 9.00. The number of fused-ring (bicyclic) bond motifs is 1. The Morgan fingerprint density at radius 1 is 1.04 bits per heavy atom. The minimum atomic E-state index is -0.123. The molecule has 0 spiro atoms. The molecule has 1 unspecified atom stereocenters. The highest BCUT2D eigenvalue weighted by molar-refractivity contribution is 6.33. The number of pyridine rings is 1. The molecule has 0 aliphatic heterocycles. The molecule has 2 aromatic carbocycles. The van der Waals surface area contributed by atoms with Crippen LogP contribution in [0.3, 0.4) is 0 Å². The molecule has 2 aromatic heterocycles. The van der Waals surface area contributed by atoms with E-state index in [1.54, 1.807) is 14.2 Å². The third kappa shape index (κ3) is 8.50. The number of nitrogens with one attached hydrogen (secondary N) is 1. The van der Waals surface area contributed by atoms with Gasteiger partial charge in [0.2, 0.25) is 5.91 Å². The van der Waals surface area contributed by atoms with E-state index in [0.29, 0.717) is 48.4 Å². The molecule has 0 bridgehead atoms. The number of amides is 1. The fraction of sp³-hybridized carbons (Fsp3) is 0.444. The number of rotatable bonds is 16. The maximum atomic E-state index is 12.9. The minimum absolute atomic E-state index is 0.123. The maximum Gasteiger partial charge on any atom is 0.241 e. The number of nitrogens with zero attached hydrogens (tertiary/aromatic N) is 3. The van der Waals surface area contributed by atoms with Crippen molar-refractivity contribution in [2.24, 2.45) is 5.92 Å². The number of carbonyl (C=O) groups excluding carboxylic acids is 1. The van der Waals surface area contributed by atoms with E-state index in [1.165, 1.54) is 25.7 Å². The standard InChI is InChI=1S/C36H44ClN4O4/c1-25(22-27-16-17-32(44-3)36(35(27)37)45-21-19-38-28-11-5-6-12-28)15-18-34(42)39-24-29-30(41-20-9-8-14-33(41)40-29)23-26-10-4-7-13-31(26)43-2/h4,7-10,13-14,16-17,20,25,28,38H,5-6,11-12,15,18-19,21-24H2,1-3H3. The molecule has 1 aliphatic carbocycles. The first-order valence-electron chi connectivity index (χ1n) is 16.0. The van der Waals surface area contributed by atoms with Gasteiger partial charge in [0.15, 0.2) is 11.5 Å². The Bertz CT molecular complexity index is 1570. The molecule has 45 heavy (non-hydrogen) atoms. The van der Waals surface area contributed by atoms with Crippen molar-refractivity contribution in [3.63, 3.8) is 0 Å². The van der Waals surface area contributed by atoms with Crippen LogP contribution >= 0.6 is 11.6 Å². The number of benzene rings is 2. The molecular weight excluding hydrogens is 588 g/mol. The molecule has 0 saturated heterocycles. The molecule has 4 aromatic rings. The first-order valence-corrected chi connectivity index (χ1v) is 16.3. The van der Waals surface area contributed by atoms with Crippen LogP contribution in [-0.4, -0.2) is 48.7 Å². The number of aromatic nitrogens is 2. The van der Waals surface area contributed by atoms with Gasteiger partial charge in [-0.15, -0.1) is 0 Å². The molecule has 1 aliphatic rings. The predicted molar refractivity (Wildman–Crippen MR) is 178 cm³/mol. The van der Waals surface area contributed by atoms with Crippen molar-refractivity contribution in [2.45, 2.75) is 70.9 Å². The van der Waals surface area contributed by atoms with E-state index in [1.807, 2.05) is 60.8 Å². The summed E-state index contributed by atoms with van der Waals surface area (Å²) in [7, 11) is 3.30. The van der Waals surface area contributed by atoms with E-state index < -0.39 is 0 Å². The normalized spacial score (nSPS) is 14.0. The average molecular weight is 632 g/mol. The van der Waals surface area contributed by atoms with Crippen molar-refractivity contribution in [1.29, 1.82) is 0 Å². The Morgan fingerprint density at radius 2 is 1.82 bits per heavy atom. The number of halogens is 1. The molecule has 1 N–H and O–H groups in total. The number of methoxy groups -OCH3 is 2. The molecule has 1 fully saturated rings. The monoisotopic (exact) mass is 631 g/mol. The van der Waals surface area contributed by atoms with Gasteiger partial charge in [0.05, 0.1) is 37.2 Å². The van der Waals surface area contributed by atoms with Gasteiger partial charge >= 0.3 is 0 Å². The molecule has 9 heteroatoms. The van der Waals surface area contributed by atoms with Gasteiger partial charge in [-0.1, -0.05) is 61.7 Å². The van der Waals surface area contributed by atoms with Crippen LogP contribution in [-0.2, 0) is 24.2 Å². The van der Waals surface area contributed by atoms with Crippen LogP contribution in [0.1, 0.15) is 68.0 Å². The molecule has 1 radical (unpaired) electrons. The van der Waals surface area contributed by atoms with E-state index in [4.69, 9.17) is 30.8 Å². The van der Waals surface area contributed by atoms with Crippen molar-refractivity contribution < 1.29 is 19.0 Å². The summed E-state index contributed by atoms with van der Waals surface area (Å²) in [4.78, 5) is 17.7. The summed E-state index contributed by atoms with van der Waals surface area (Å²) in [6.07, 6.45) is 9.47. The Labute approximate surface area is 271 Å². The summed E-state index contributed by atoms with van der Waals surface area (Å²) < 4.78 is 19.3. The van der Waals surface area contributed by atoms with Crippen molar-refractivity contribution in [3.05, 3.63) is 88.3 Å². The van der Waals surface area contributed by atoms with Gasteiger partial charge in [0.25, 0.3) is 0 Å². The zero-order valence-corrected chi connectivity index (χ0v) is 27.3. The van der Waals surface area contributed by atoms with Crippen molar-refractivity contribution in [3.8, 4) is 17.2 Å². The Hall–Kier alpha value is -3.75. The zero-order chi connectivity index (χ0) is 31.6. The van der Waals surface area contributed by atoms with E-state index >= 15 is 0 Å². The molecule has 5 rings (SSSR count). The quantitative estimate of drug-likeness (QED) is 0.137. The van der Waals surface area contributed by atoms with Crippen molar-refractivity contribution in [1.82, 2.24) is 20.0 Å². The summed E-state index contributed by atoms with van der Waals surface area (Å²) in [5, 5.41) is 8.57. The first-order chi connectivity index (χ1) is 22.0. The van der Waals surface area contributed by atoms with Crippen LogP contribution in [0.25, 0.3) is 5.65 Å². The van der Waals surface area contributed by atoms with Gasteiger partial charge in [-0.2, -0.15) is 0 Å². The highest BCUT2D eigenvalue weighted by Crippen LogP contribution is 2.38. The lowest BCUT2D eigenvalue weighted by Gasteiger charge is -2.18. The second-order valence-electron chi connectivity index (χ2n) is 11.8. The average Bonchev–Trinajstić information content (AvgIpc) is 3.71. The Balaban J connectivity index is 1.15. The van der Waals surface area contributed by atoms with Crippen LogP contribution in [0.4, 0.5) is 0 Å². The summed E-state index contributed by atoms with van der Waals surface area (Å²) in [5.41, 5.74) is 4.67. The van der Waals surface area contributed by atoms with Crippen LogP contribution in [0.15, 0.2) is 60.8 Å². The molecule has 239 valence electrons. The number of imidazole rings is 1. The summed E-state index contributed by atoms with van der Waals surface area (Å²) in [6, 6.07) is 18.3. The van der Waals surface area contributed by atoms with Gasteiger partial charge < -0.3 is 23.9 Å². The molecular formula is C36H44ClN4O4. The topological polar surface area (TPSA) is 88.2 Å². The number of carbonyl (C=O) groups is 1. The highest BCUT2D eigenvalue weighted by atomic mass is 35.5. The van der Waals surface area contributed by atoms with Gasteiger partial charge in [0.1, 0.15) is 18.0 Å². The second-order valence-corrected chi connectivity index (χ2v) is 12.2. The summed E-state index contributed by atoms with van der Waals surface area (Å²) in [6.45, 7) is 3.66. The molecule has 1 atom stereocenters. The zero-order valence-electron chi connectivity index (χ0n) is 26.6.